The van der Waals surface area contributed by atoms with Gasteiger partial charge in [-0.3, -0.25) is 14.5 Å². The Morgan fingerprint density at radius 2 is 1.54 bits per heavy atom. The zero-order valence-electron chi connectivity index (χ0n) is 33.8. The fourth-order valence-electron chi connectivity index (χ4n) is 7.15. The van der Waals surface area contributed by atoms with Gasteiger partial charge in [-0.2, -0.15) is 13.2 Å². The fraction of sp³-hybridized carbons (Fsp3) is 0.525. The highest BCUT2D eigenvalue weighted by Crippen LogP contribution is 2.45. The van der Waals surface area contributed by atoms with Gasteiger partial charge in [-0.25, -0.2) is 22.5 Å². The van der Waals surface area contributed by atoms with E-state index in [-0.39, 0.29) is 43.1 Å². The van der Waals surface area contributed by atoms with Crippen molar-refractivity contribution in [1.29, 1.82) is 0 Å². The SMILES string of the molecule is C[C@@H]1CN(c2c(NC(=O)c3cnc(OCC[Si](C)(C)C)cc3C(F)(F)F)c(F)c(-c3ccc(F)cc3F)c(F)c2C(=O)NC(C)(C)CC(C)(C)C)C[C@H](C)N1C. The Kier molecular flexibility index (Phi) is 13.0. The van der Waals surface area contributed by atoms with Crippen molar-refractivity contribution in [3.05, 3.63) is 70.4 Å². The summed E-state index contributed by atoms with van der Waals surface area (Å²) in [7, 11) is 0.210. The molecule has 2 atom stereocenters. The molecule has 0 saturated carbocycles. The van der Waals surface area contributed by atoms with Crippen molar-refractivity contribution in [2.75, 3.05) is 37.0 Å². The lowest BCUT2D eigenvalue weighted by molar-refractivity contribution is -0.138. The Labute approximate surface area is 325 Å². The highest BCUT2D eigenvalue weighted by atomic mass is 28.3. The first kappa shape index (κ1) is 44.5. The fourth-order valence-corrected chi connectivity index (χ4v) is 7.86. The molecule has 1 saturated heterocycles. The largest absolute Gasteiger partial charge is 0.478 e. The zero-order valence-corrected chi connectivity index (χ0v) is 34.8. The summed E-state index contributed by atoms with van der Waals surface area (Å²) in [6.07, 6.45) is -4.07. The van der Waals surface area contributed by atoms with E-state index >= 15 is 13.2 Å². The summed E-state index contributed by atoms with van der Waals surface area (Å²) in [5, 5.41) is 5.01. The predicted octanol–water partition coefficient (Wildman–Crippen LogP) is 9.77. The van der Waals surface area contributed by atoms with Gasteiger partial charge in [0.05, 0.1) is 29.0 Å². The highest BCUT2D eigenvalue weighted by Gasteiger charge is 2.41. The zero-order chi connectivity index (χ0) is 42.3. The van der Waals surface area contributed by atoms with Crippen LogP contribution in [-0.4, -0.2) is 74.1 Å². The number of anilines is 2. The van der Waals surface area contributed by atoms with Crippen LogP contribution in [-0.2, 0) is 6.18 Å². The van der Waals surface area contributed by atoms with Gasteiger partial charge in [0.25, 0.3) is 11.8 Å². The van der Waals surface area contributed by atoms with Crippen molar-refractivity contribution in [1.82, 2.24) is 15.2 Å². The maximum atomic E-state index is 17.2. The molecule has 4 rings (SSSR count). The van der Waals surface area contributed by atoms with E-state index in [0.717, 1.165) is 12.1 Å². The van der Waals surface area contributed by atoms with Crippen molar-refractivity contribution in [3.63, 3.8) is 0 Å². The van der Waals surface area contributed by atoms with E-state index in [1.54, 1.807) is 13.8 Å². The number of carbonyl (C=O) groups excluding carboxylic acids is 2. The summed E-state index contributed by atoms with van der Waals surface area (Å²) in [4.78, 5) is 35.8. The third-order valence-corrected chi connectivity index (χ3v) is 11.4. The molecule has 0 radical (unpaired) electrons. The maximum absolute atomic E-state index is 17.2. The van der Waals surface area contributed by atoms with E-state index in [9.17, 15) is 27.2 Å². The quantitative estimate of drug-likeness (QED) is 0.148. The number of carbonyl (C=O) groups is 2. The average molecular weight is 812 g/mol. The van der Waals surface area contributed by atoms with Crippen LogP contribution < -0.4 is 20.3 Å². The molecule has 1 fully saturated rings. The molecule has 2 aromatic carbocycles. The number of pyridine rings is 1. The minimum atomic E-state index is -5.11. The van der Waals surface area contributed by atoms with Gasteiger partial charge < -0.3 is 20.3 Å². The van der Waals surface area contributed by atoms with Crippen LogP contribution in [0.2, 0.25) is 25.7 Å². The van der Waals surface area contributed by atoms with Gasteiger partial charge >= 0.3 is 6.18 Å². The van der Waals surface area contributed by atoms with Gasteiger partial charge in [-0.05, 0) is 64.8 Å². The van der Waals surface area contributed by atoms with Gasteiger partial charge in [-0.1, -0.05) is 40.4 Å². The Bertz CT molecular complexity index is 1950. The number of hydrogen-bond donors (Lipinski definition) is 2. The molecule has 1 aromatic heterocycles. The van der Waals surface area contributed by atoms with Crippen LogP contribution in [0.25, 0.3) is 11.1 Å². The topological polar surface area (TPSA) is 86.8 Å². The first-order valence-electron chi connectivity index (χ1n) is 18.4. The number of ether oxygens (including phenoxy) is 1. The molecule has 16 heteroatoms. The summed E-state index contributed by atoms with van der Waals surface area (Å²) >= 11 is 0. The first-order valence-corrected chi connectivity index (χ1v) is 22.1. The molecular formula is C40H52F7N5O3Si. The Morgan fingerprint density at radius 1 is 0.929 bits per heavy atom. The number of alkyl halides is 3. The number of likely N-dealkylation sites (N-methyl/N-ethyl adjacent to an activating group) is 1. The van der Waals surface area contributed by atoms with Gasteiger partial charge in [0, 0.05) is 62.7 Å². The number of nitrogens with zero attached hydrogens (tertiary/aromatic N) is 3. The number of aromatic nitrogens is 1. The summed E-state index contributed by atoms with van der Waals surface area (Å²) in [5.74, 6) is -8.47. The summed E-state index contributed by atoms with van der Waals surface area (Å²) < 4.78 is 113. The van der Waals surface area contributed by atoms with Gasteiger partial charge in [0.15, 0.2) is 5.82 Å². The number of benzene rings is 2. The molecule has 0 bridgehead atoms. The van der Waals surface area contributed by atoms with Crippen LogP contribution in [0.3, 0.4) is 0 Å². The monoisotopic (exact) mass is 811 g/mol. The van der Waals surface area contributed by atoms with Gasteiger partial charge in [0.2, 0.25) is 5.88 Å². The van der Waals surface area contributed by atoms with Crippen molar-refractivity contribution in [2.24, 2.45) is 5.41 Å². The first-order chi connectivity index (χ1) is 25.6. The Balaban J connectivity index is 2.01. The standard InChI is InChI=1S/C40H52F7N5O3Si/c1-22-19-52(20-23(2)51(22)8)35-31(37(54)50-39(6,7)21-38(3,4)5)32(43)30(25-13-12-24(41)16-28(25)42)33(44)34(35)49-36(53)26-18-48-29(17-27(26)40(45,46)47)55-14-15-56(9,10)11/h12-13,16-18,22-23H,14-15,19-21H2,1-11H3,(H,49,53)(H,50,54)/t22-,23+. The number of amides is 2. The molecule has 56 heavy (non-hydrogen) atoms. The summed E-state index contributed by atoms with van der Waals surface area (Å²) in [6.45, 7) is 19.2. The molecule has 1 aliphatic heterocycles. The molecular weight excluding hydrogens is 760 g/mol. The normalized spacial score (nSPS) is 17.2. The maximum Gasteiger partial charge on any atom is 0.417 e. The van der Waals surface area contributed by atoms with Crippen LogP contribution in [0.4, 0.5) is 42.1 Å². The van der Waals surface area contributed by atoms with E-state index in [1.165, 1.54) is 4.90 Å². The van der Waals surface area contributed by atoms with E-state index in [4.69, 9.17) is 4.74 Å². The Hall–Kier alpha value is -4.18. The van der Waals surface area contributed by atoms with Crippen LogP contribution in [0, 0.1) is 28.7 Å². The third-order valence-electron chi connectivity index (χ3n) is 9.65. The molecule has 2 N–H and O–H groups in total. The van der Waals surface area contributed by atoms with Crippen molar-refractivity contribution in [3.8, 4) is 17.0 Å². The average Bonchev–Trinajstić information content (AvgIpc) is 3.02. The van der Waals surface area contributed by atoms with Crippen LogP contribution in [0.5, 0.6) is 5.88 Å². The second-order valence-corrected chi connectivity index (χ2v) is 23.4. The lowest BCUT2D eigenvalue weighted by Crippen LogP contribution is -2.55. The molecule has 0 unspecified atom stereocenters. The van der Waals surface area contributed by atoms with E-state index in [0.29, 0.717) is 30.8 Å². The molecule has 2 heterocycles. The molecule has 0 spiro atoms. The van der Waals surface area contributed by atoms with Crippen LogP contribution in [0.15, 0.2) is 30.5 Å². The van der Waals surface area contributed by atoms with Crippen molar-refractivity contribution >= 4 is 31.3 Å². The molecule has 308 valence electrons. The number of nitrogens with one attached hydrogen (secondary N) is 2. The molecule has 0 aliphatic carbocycles. The van der Waals surface area contributed by atoms with E-state index in [1.807, 2.05) is 46.6 Å². The van der Waals surface area contributed by atoms with Crippen LogP contribution in [0.1, 0.15) is 81.2 Å². The minimum absolute atomic E-state index is 0.0668. The van der Waals surface area contributed by atoms with E-state index < -0.39 is 94.1 Å². The number of piperazine rings is 1. The molecule has 3 aromatic rings. The van der Waals surface area contributed by atoms with Crippen LogP contribution >= 0.6 is 0 Å². The molecule has 8 nitrogen and oxygen atoms in total. The predicted molar refractivity (Wildman–Crippen MR) is 207 cm³/mol. The smallest absolute Gasteiger partial charge is 0.417 e. The lowest BCUT2D eigenvalue weighted by Gasteiger charge is -2.44. The van der Waals surface area contributed by atoms with Gasteiger partial charge in [0.1, 0.15) is 28.7 Å². The number of hydrogen-bond acceptors (Lipinski definition) is 6. The second kappa shape index (κ2) is 16.4. The molecule has 1 aliphatic rings. The third kappa shape index (κ3) is 10.6. The summed E-state index contributed by atoms with van der Waals surface area (Å²) in [6, 6.07) is 2.57. The van der Waals surface area contributed by atoms with Gasteiger partial charge in [-0.15, -0.1) is 0 Å². The Morgan fingerprint density at radius 3 is 2.07 bits per heavy atom. The second-order valence-electron chi connectivity index (χ2n) is 17.7. The lowest BCUT2D eigenvalue weighted by atomic mass is 9.81. The summed E-state index contributed by atoms with van der Waals surface area (Å²) in [5.41, 5.74) is -7.81. The number of rotatable bonds is 11. The number of halogens is 7. The van der Waals surface area contributed by atoms with Crippen molar-refractivity contribution in [2.45, 2.75) is 104 Å². The van der Waals surface area contributed by atoms with E-state index in [2.05, 4.69) is 35.3 Å². The molecule has 2 amide bonds. The highest BCUT2D eigenvalue weighted by molar-refractivity contribution is 6.76. The van der Waals surface area contributed by atoms with Crippen molar-refractivity contribution < 1.29 is 45.1 Å². The minimum Gasteiger partial charge on any atom is -0.478 e.